The number of nitrogens with zero attached hydrogens (tertiary/aromatic N) is 2. The van der Waals surface area contributed by atoms with Crippen molar-refractivity contribution in [2.75, 3.05) is 0 Å². The summed E-state index contributed by atoms with van der Waals surface area (Å²) in [6.07, 6.45) is 1.60. The lowest BCUT2D eigenvalue weighted by molar-refractivity contribution is -0.681. The van der Waals surface area contributed by atoms with Crippen LogP contribution in [-0.2, 0) is 0 Å². The zero-order valence-electron chi connectivity index (χ0n) is 14.5. The minimum Gasteiger partial charge on any atom is -0.855 e. The number of rotatable bonds is 5. The lowest BCUT2D eigenvalue weighted by Crippen LogP contribution is -2.31. The Morgan fingerprint density at radius 2 is 1.46 bits per heavy atom. The Labute approximate surface area is 159 Å². The minimum absolute atomic E-state index is 0.269. The zero-order chi connectivity index (χ0) is 20.0. The molecule has 0 saturated heterocycles. The second kappa shape index (κ2) is 8.39. The van der Waals surface area contributed by atoms with Crippen molar-refractivity contribution in [2.24, 2.45) is 5.10 Å². The molecule has 0 fully saturated rings. The lowest BCUT2D eigenvalue weighted by Gasteiger charge is -2.09. The van der Waals surface area contributed by atoms with E-state index in [4.69, 9.17) is 0 Å². The fourth-order valence-electron chi connectivity index (χ4n) is 2.41. The summed E-state index contributed by atoms with van der Waals surface area (Å²) in [6, 6.07) is 18.2. The number of hydrogen-bond acceptors (Lipinski definition) is 3. The van der Waals surface area contributed by atoms with Crippen LogP contribution in [0.1, 0.15) is 5.56 Å². The molecule has 0 saturated carbocycles. The Balaban J connectivity index is 1.67. The normalized spacial score (nSPS) is 12.3. The first-order valence-electron chi connectivity index (χ1n) is 8.26. The van der Waals surface area contributed by atoms with Gasteiger partial charge in [-0.25, -0.2) is 0 Å². The van der Waals surface area contributed by atoms with E-state index in [0.717, 1.165) is 16.7 Å². The van der Waals surface area contributed by atoms with E-state index in [-0.39, 0.29) is 5.75 Å². The molecule has 1 heterocycles. The van der Waals surface area contributed by atoms with Crippen LogP contribution in [0.15, 0.2) is 90.3 Å². The first kappa shape index (κ1) is 19.2. The van der Waals surface area contributed by atoms with Crippen LogP contribution in [0.5, 0.6) is 5.75 Å². The van der Waals surface area contributed by atoms with E-state index >= 15 is 0 Å². The van der Waals surface area contributed by atoms with E-state index in [1.165, 1.54) is 22.9 Å². The van der Waals surface area contributed by atoms with Crippen molar-refractivity contribution in [1.82, 2.24) is 0 Å². The highest BCUT2D eigenvalue weighted by Crippen LogP contribution is 2.26. The van der Waals surface area contributed by atoms with Gasteiger partial charge in [0.25, 0.3) is 0 Å². The summed E-state index contributed by atoms with van der Waals surface area (Å²) in [5.41, 5.74) is 2.37. The average molecular weight is 384 g/mol. The van der Waals surface area contributed by atoms with Crippen LogP contribution < -0.4 is 14.5 Å². The molecule has 0 aliphatic carbocycles. The molecule has 0 N–H and O–H groups in total. The van der Waals surface area contributed by atoms with E-state index < -0.39 is 12.3 Å². The summed E-state index contributed by atoms with van der Waals surface area (Å²) in [5, 5.41) is 15.7. The maximum Gasteiger partial charge on any atom is 0.573 e. The highest BCUT2D eigenvalue weighted by Gasteiger charge is 2.30. The van der Waals surface area contributed by atoms with Gasteiger partial charge in [0.2, 0.25) is 12.4 Å². The Kier molecular flexibility index (Phi) is 5.74. The molecule has 3 rings (SSSR count). The van der Waals surface area contributed by atoms with Crippen LogP contribution >= 0.6 is 0 Å². The van der Waals surface area contributed by atoms with Crippen LogP contribution in [-0.4, -0.2) is 12.3 Å². The van der Waals surface area contributed by atoms with Crippen LogP contribution in [0.3, 0.4) is 0 Å². The molecule has 0 aliphatic rings. The third-order valence-corrected chi connectivity index (χ3v) is 3.66. The number of aromatic nitrogens is 1. The van der Waals surface area contributed by atoms with Crippen LogP contribution in [0.25, 0.3) is 17.2 Å². The van der Waals surface area contributed by atoms with Crippen molar-refractivity contribution in [2.45, 2.75) is 6.36 Å². The summed E-state index contributed by atoms with van der Waals surface area (Å²) in [5.74, 6) is -0.671. The van der Waals surface area contributed by atoms with Gasteiger partial charge in [0.05, 0.1) is 5.90 Å². The molecule has 0 aliphatic heterocycles. The summed E-state index contributed by atoms with van der Waals surface area (Å²) in [7, 11) is 0. The molecule has 0 spiro atoms. The molecule has 2 aromatic carbocycles. The standard InChI is InChI=1S/C21H15F3N2O2/c22-21(23,24)28-19-11-9-18(10-12-19)17-7-4-16(5-8-17)6-13-20(27)25-26-14-2-1-3-15-26/h1-15H/b13-6+. The van der Waals surface area contributed by atoms with E-state index in [1.54, 1.807) is 54.9 Å². The molecule has 4 nitrogen and oxygen atoms in total. The summed E-state index contributed by atoms with van der Waals surface area (Å²) in [6.45, 7) is 0. The highest BCUT2D eigenvalue weighted by molar-refractivity contribution is 5.88. The van der Waals surface area contributed by atoms with Gasteiger partial charge < -0.3 is 9.84 Å². The molecule has 28 heavy (non-hydrogen) atoms. The van der Waals surface area contributed by atoms with E-state index in [1.807, 2.05) is 18.2 Å². The van der Waals surface area contributed by atoms with Crippen molar-refractivity contribution in [3.63, 3.8) is 0 Å². The molecular formula is C21H15F3N2O2. The molecule has 142 valence electrons. The fraction of sp³-hybridized carbons (Fsp3) is 0.0476. The maximum absolute atomic E-state index is 12.2. The van der Waals surface area contributed by atoms with Gasteiger partial charge in [0, 0.05) is 12.1 Å². The van der Waals surface area contributed by atoms with E-state index in [9.17, 15) is 18.3 Å². The first-order valence-corrected chi connectivity index (χ1v) is 8.26. The van der Waals surface area contributed by atoms with Crippen molar-refractivity contribution in [1.29, 1.82) is 0 Å². The second-order valence-electron chi connectivity index (χ2n) is 5.72. The topological polar surface area (TPSA) is 48.5 Å². The van der Waals surface area contributed by atoms with Crippen molar-refractivity contribution >= 4 is 12.0 Å². The Hall–Kier alpha value is -3.61. The van der Waals surface area contributed by atoms with Crippen molar-refractivity contribution in [3.8, 4) is 16.9 Å². The SMILES string of the molecule is [O-]C(/C=C/c1ccc(-c2ccc(OC(F)(F)F)cc2)cc1)=N\[n+]1ccccc1. The fourth-order valence-corrected chi connectivity index (χ4v) is 2.41. The van der Waals surface area contributed by atoms with Gasteiger partial charge in [-0.3, -0.25) is 0 Å². The van der Waals surface area contributed by atoms with Gasteiger partial charge in [-0.05, 0) is 40.0 Å². The van der Waals surface area contributed by atoms with Gasteiger partial charge in [-0.1, -0.05) is 53.2 Å². The smallest absolute Gasteiger partial charge is 0.573 e. The predicted molar refractivity (Wildman–Crippen MR) is 97.1 cm³/mol. The number of hydrogen-bond donors (Lipinski definition) is 0. The van der Waals surface area contributed by atoms with Crippen LogP contribution in [0.4, 0.5) is 13.2 Å². The third kappa shape index (κ3) is 5.70. The number of ether oxygens (including phenoxy) is 1. The molecular weight excluding hydrogens is 369 g/mol. The molecule has 0 atom stereocenters. The highest BCUT2D eigenvalue weighted by atomic mass is 19.4. The molecule has 0 bridgehead atoms. The van der Waals surface area contributed by atoms with Gasteiger partial charge in [-0.2, -0.15) is 0 Å². The van der Waals surface area contributed by atoms with E-state index in [0.29, 0.717) is 0 Å². The molecule has 0 amide bonds. The van der Waals surface area contributed by atoms with Gasteiger partial charge in [0.15, 0.2) is 0 Å². The number of pyridine rings is 1. The number of benzene rings is 2. The predicted octanol–water partition coefficient (Wildman–Crippen LogP) is 3.78. The molecule has 7 heteroatoms. The Morgan fingerprint density at radius 3 is 2.04 bits per heavy atom. The largest absolute Gasteiger partial charge is 0.855 e. The molecule has 3 aromatic rings. The van der Waals surface area contributed by atoms with Gasteiger partial charge >= 0.3 is 6.36 Å². The second-order valence-corrected chi connectivity index (χ2v) is 5.72. The summed E-state index contributed by atoms with van der Waals surface area (Å²) >= 11 is 0. The lowest BCUT2D eigenvalue weighted by atomic mass is 10.0. The van der Waals surface area contributed by atoms with Gasteiger partial charge in [0.1, 0.15) is 5.75 Å². The Bertz CT molecular complexity index is 965. The van der Waals surface area contributed by atoms with Crippen LogP contribution in [0.2, 0.25) is 0 Å². The third-order valence-electron chi connectivity index (χ3n) is 3.66. The monoisotopic (exact) mass is 384 g/mol. The average Bonchev–Trinajstić information content (AvgIpc) is 2.67. The minimum atomic E-state index is -4.71. The summed E-state index contributed by atoms with van der Waals surface area (Å²) in [4.78, 5) is 0. The number of halogens is 3. The zero-order valence-corrected chi connectivity index (χ0v) is 14.5. The molecule has 0 unspecified atom stereocenters. The summed E-state index contributed by atoms with van der Waals surface area (Å²) < 4.78 is 41.9. The number of alkyl halides is 3. The van der Waals surface area contributed by atoms with Crippen molar-refractivity contribution in [3.05, 3.63) is 90.8 Å². The first-order chi connectivity index (χ1) is 13.4. The van der Waals surface area contributed by atoms with Crippen molar-refractivity contribution < 1.29 is 27.7 Å². The maximum atomic E-state index is 12.2. The van der Waals surface area contributed by atoms with Crippen LogP contribution in [0, 0.1) is 0 Å². The molecule has 1 aromatic heterocycles. The van der Waals surface area contributed by atoms with E-state index in [2.05, 4.69) is 9.84 Å². The molecule has 0 radical (unpaired) electrons. The van der Waals surface area contributed by atoms with Gasteiger partial charge in [-0.15, -0.1) is 13.2 Å². The quantitative estimate of drug-likeness (QED) is 0.382. The Morgan fingerprint density at radius 1 is 0.893 bits per heavy atom.